The molecular weight excluding hydrogens is 507 g/mol. The van der Waals surface area contributed by atoms with Gasteiger partial charge in [-0.3, -0.25) is 4.79 Å². The smallest absolute Gasteiger partial charge is 0.352 e. The maximum Gasteiger partial charge on any atom is 0.352 e. The second kappa shape index (κ2) is 10.2. The monoisotopic (exact) mass is 522 g/mol. The SMILES string of the molecule is COc1ccccc1Oc1coc2cc(OC(=O)C(C)Oc3c(F)c(F)c(F)c(F)c3F)ccc2c1=O. The maximum absolute atomic E-state index is 13.8. The van der Waals surface area contributed by atoms with Crippen LogP contribution >= 0.6 is 0 Å². The summed E-state index contributed by atoms with van der Waals surface area (Å²) in [5.74, 6) is -13.8. The van der Waals surface area contributed by atoms with Crippen LogP contribution in [0.2, 0.25) is 0 Å². The Bertz CT molecular complexity index is 1540. The van der Waals surface area contributed by atoms with Gasteiger partial charge >= 0.3 is 5.97 Å². The van der Waals surface area contributed by atoms with Gasteiger partial charge in [-0.25, -0.2) is 18.0 Å². The van der Waals surface area contributed by atoms with Crippen molar-refractivity contribution in [3.05, 3.63) is 88.0 Å². The molecule has 0 spiro atoms. The van der Waals surface area contributed by atoms with Gasteiger partial charge in [0.25, 0.3) is 0 Å². The Kier molecular flexibility index (Phi) is 7.00. The summed E-state index contributed by atoms with van der Waals surface area (Å²) in [7, 11) is 1.43. The molecular formula is C25H15F5O7. The summed E-state index contributed by atoms with van der Waals surface area (Å²) in [4.78, 5) is 25.1. The highest BCUT2D eigenvalue weighted by atomic mass is 19.2. The van der Waals surface area contributed by atoms with Gasteiger partial charge in [-0.1, -0.05) is 12.1 Å². The van der Waals surface area contributed by atoms with Gasteiger partial charge in [0.05, 0.1) is 12.5 Å². The number of benzene rings is 3. The fourth-order valence-electron chi connectivity index (χ4n) is 3.16. The highest BCUT2D eigenvalue weighted by molar-refractivity contribution is 5.82. The Morgan fingerprint density at radius 1 is 0.865 bits per heavy atom. The molecule has 0 saturated carbocycles. The highest BCUT2D eigenvalue weighted by Gasteiger charge is 2.30. The van der Waals surface area contributed by atoms with Crippen molar-refractivity contribution in [2.75, 3.05) is 7.11 Å². The first-order valence-electron chi connectivity index (χ1n) is 10.4. The van der Waals surface area contributed by atoms with Crippen molar-refractivity contribution in [3.63, 3.8) is 0 Å². The Morgan fingerprint density at radius 2 is 1.49 bits per heavy atom. The molecule has 0 amide bonds. The van der Waals surface area contributed by atoms with E-state index in [4.69, 9.17) is 18.6 Å². The Balaban J connectivity index is 1.53. The Labute approximate surface area is 204 Å². The minimum Gasteiger partial charge on any atom is -0.493 e. The van der Waals surface area contributed by atoms with Crippen LogP contribution in [-0.2, 0) is 4.79 Å². The van der Waals surface area contributed by atoms with E-state index in [2.05, 4.69) is 4.74 Å². The molecule has 0 aliphatic rings. The summed E-state index contributed by atoms with van der Waals surface area (Å²) >= 11 is 0. The zero-order valence-electron chi connectivity index (χ0n) is 18.9. The van der Waals surface area contributed by atoms with E-state index >= 15 is 0 Å². The fourth-order valence-corrected chi connectivity index (χ4v) is 3.16. The van der Waals surface area contributed by atoms with Crippen molar-refractivity contribution >= 4 is 16.9 Å². The molecule has 1 unspecified atom stereocenters. The van der Waals surface area contributed by atoms with Crippen molar-refractivity contribution in [1.82, 2.24) is 0 Å². The van der Waals surface area contributed by atoms with Crippen LogP contribution in [0.25, 0.3) is 11.0 Å². The summed E-state index contributed by atoms with van der Waals surface area (Å²) in [6.45, 7) is 0.975. The molecule has 4 rings (SSSR count). The molecule has 0 aliphatic heterocycles. The average molecular weight is 522 g/mol. The summed E-state index contributed by atoms with van der Waals surface area (Å²) in [5, 5.41) is 0.0675. The van der Waals surface area contributed by atoms with Crippen molar-refractivity contribution in [2.45, 2.75) is 13.0 Å². The van der Waals surface area contributed by atoms with Crippen LogP contribution in [-0.4, -0.2) is 19.2 Å². The number of methoxy groups -OCH3 is 1. The van der Waals surface area contributed by atoms with E-state index < -0.39 is 52.3 Å². The lowest BCUT2D eigenvalue weighted by molar-refractivity contribution is -0.141. The number of carbonyl (C=O) groups excluding carboxylic acids is 1. The fraction of sp³-hybridized carbons (Fsp3) is 0.120. The second-order valence-corrected chi connectivity index (χ2v) is 7.42. The third kappa shape index (κ3) is 4.90. The van der Waals surface area contributed by atoms with Gasteiger partial charge in [-0.2, -0.15) is 8.78 Å². The molecule has 0 fully saturated rings. The van der Waals surface area contributed by atoms with E-state index in [1.54, 1.807) is 24.3 Å². The highest BCUT2D eigenvalue weighted by Crippen LogP contribution is 2.32. The van der Waals surface area contributed by atoms with Crippen LogP contribution in [0.5, 0.6) is 28.7 Å². The van der Waals surface area contributed by atoms with Gasteiger partial charge in [-0.15, -0.1) is 0 Å². The molecule has 4 aromatic rings. The molecule has 0 saturated heterocycles. The van der Waals surface area contributed by atoms with Crippen molar-refractivity contribution in [2.24, 2.45) is 0 Å². The molecule has 0 radical (unpaired) electrons. The molecule has 3 aromatic carbocycles. The predicted molar refractivity (Wildman–Crippen MR) is 118 cm³/mol. The topological polar surface area (TPSA) is 84.2 Å². The number of hydrogen-bond acceptors (Lipinski definition) is 7. The average Bonchev–Trinajstić information content (AvgIpc) is 2.90. The van der Waals surface area contributed by atoms with Crippen LogP contribution < -0.4 is 24.4 Å². The molecule has 192 valence electrons. The third-order valence-electron chi connectivity index (χ3n) is 5.02. The molecule has 1 atom stereocenters. The van der Waals surface area contributed by atoms with E-state index in [0.29, 0.717) is 5.75 Å². The number of ether oxygens (including phenoxy) is 4. The zero-order chi connectivity index (χ0) is 26.9. The Hall–Kier alpha value is -4.61. The first kappa shape index (κ1) is 25.5. The lowest BCUT2D eigenvalue weighted by Gasteiger charge is -2.15. The second-order valence-electron chi connectivity index (χ2n) is 7.42. The Morgan fingerprint density at radius 3 is 2.14 bits per heavy atom. The van der Waals surface area contributed by atoms with E-state index in [1.807, 2.05) is 0 Å². The van der Waals surface area contributed by atoms with Crippen molar-refractivity contribution < 1.29 is 50.1 Å². The normalized spacial score (nSPS) is 11.8. The number of rotatable bonds is 7. The molecule has 7 nitrogen and oxygen atoms in total. The number of carbonyl (C=O) groups is 1. The van der Waals surface area contributed by atoms with E-state index in [9.17, 15) is 31.5 Å². The van der Waals surface area contributed by atoms with Crippen LogP contribution in [0.3, 0.4) is 0 Å². The number of fused-ring (bicyclic) bond motifs is 1. The number of para-hydroxylation sites is 2. The first-order valence-corrected chi connectivity index (χ1v) is 10.4. The number of halogens is 5. The van der Waals surface area contributed by atoms with Crippen LogP contribution in [0.1, 0.15) is 6.92 Å². The van der Waals surface area contributed by atoms with Gasteiger partial charge in [0.15, 0.2) is 23.4 Å². The van der Waals surface area contributed by atoms with E-state index in [0.717, 1.165) is 13.2 Å². The summed E-state index contributed by atoms with van der Waals surface area (Å²) < 4.78 is 93.4. The van der Waals surface area contributed by atoms with E-state index in [1.165, 1.54) is 25.3 Å². The molecule has 12 heteroatoms. The molecule has 37 heavy (non-hydrogen) atoms. The maximum atomic E-state index is 13.8. The van der Waals surface area contributed by atoms with Crippen LogP contribution in [0, 0.1) is 29.1 Å². The van der Waals surface area contributed by atoms with Gasteiger partial charge in [0, 0.05) is 6.07 Å². The largest absolute Gasteiger partial charge is 0.493 e. The number of esters is 1. The minimum absolute atomic E-state index is 0.00369. The summed E-state index contributed by atoms with van der Waals surface area (Å²) in [6.07, 6.45) is -0.745. The van der Waals surface area contributed by atoms with Crippen LogP contribution in [0.15, 0.2) is 57.9 Å². The standard InChI is InChI=1S/C25H15F5O7/c1-11(35-24-21(29)19(27)18(26)20(28)22(24)30)25(32)36-12-7-8-13-16(9-12)34-10-17(23(13)31)37-15-6-4-3-5-14(15)33-2/h3-11H,1-2H3. The summed E-state index contributed by atoms with van der Waals surface area (Å²) in [6, 6.07) is 10.3. The van der Waals surface area contributed by atoms with Gasteiger partial charge in [-0.05, 0) is 31.2 Å². The van der Waals surface area contributed by atoms with Crippen molar-refractivity contribution in [1.29, 1.82) is 0 Å². The molecule has 0 aliphatic carbocycles. The van der Waals surface area contributed by atoms with Crippen LogP contribution in [0.4, 0.5) is 22.0 Å². The number of hydrogen-bond donors (Lipinski definition) is 0. The first-order chi connectivity index (χ1) is 17.6. The van der Waals surface area contributed by atoms with Gasteiger partial charge in [0.1, 0.15) is 17.6 Å². The lowest BCUT2D eigenvalue weighted by Crippen LogP contribution is -2.29. The summed E-state index contributed by atoms with van der Waals surface area (Å²) in [5.41, 5.74) is -0.552. The molecule has 1 heterocycles. The lowest BCUT2D eigenvalue weighted by atomic mass is 10.2. The molecule has 0 bridgehead atoms. The molecule has 1 aromatic heterocycles. The van der Waals surface area contributed by atoms with Gasteiger partial charge < -0.3 is 23.4 Å². The third-order valence-corrected chi connectivity index (χ3v) is 5.02. The molecule has 0 N–H and O–H groups in total. The van der Waals surface area contributed by atoms with E-state index in [-0.39, 0.29) is 28.2 Å². The van der Waals surface area contributed by atoms with Gasteiger partial charge in [0.2, 0.25) is 40.3 Å². The van der Waals surface area contributed by atoms with Crippen molar-refractivity contribution in [3.8, 4) is 28.7 Å². The zero-order valence-corrected chi connectivity index (χ0v) is 18.9. The predicted octanol–water partition coefficient (Wildman–Crippen LogP) is 5.66. The quantitative estimate of drug-likeness (QED) is 0.102. The minimum atomic E-state index is -2.37.